The maximum absolute atomic E-state index is 14.1. The summed E-state index contributed by atoms with van der Waals surface area (Å²) in [6.07, 6.45) is 0.280. The topological polar surface area (TPSA) is 96.0 Å². The van der Waals surface area contributed by atoms with Crippen LogP contribution in [0.1, 0.15) is 32.8 Å². The quantitative estimate of drug-likeness (QED) is 0.228. The average molecular weight is 685 g/mol. The molecular weight excluding hydrogens is 653 g/mol. The number of ether oxygens (including phenoxy) is 1. The third-order valence-electron chi connectivity index (χ3n) is 6.24. The molecule has 0 heterocycles. The third-order valence-corrected chi connectivity index (χ3v) is 9.27. The highest BCUT2D eigenvalue weighted by atomic mass is 79.9. The molecule has 1 atom stereocenters. The minimum atomic E-state index is -4.21. The van der Waals surface area contributed by atoms with Crippen LogP contribution in [0.2, 0.25) is 10.0 Å². The number of nitrogens with zero attached hydrogens (tertiary/aromatic N) is 2. The molecule has 0 fully saturated rings. The van der Waals surface area contributed by atoms with Crippen LogP contribution in [0.25, 0.3) is 0 Å². The lowest BCUT2D eigenvalue weighted by Gasteiger charge is -2.33. The number of hydrogen-bond acceptors (Lipinski definition) is 5. The monoisotopic (exact) mass is 683 g/mol. The summed E-state index contributed by atoms with van der Waals surface area (Å²) in [6, 6.07) is 16.6. The molecule has 0 aliphatic carbocycles. The zero-order valence-corrected chi connectivity index (χ0v) is 26.9. The van der Waals surface area contributed by atoms with Gasteiger partial charge in [-0.25, -0.2) is 8.42 Å². The minimum absolute atomic E-state index is 0.00106. The smallest absolute Gasteiger partial charge is 0.264 e. The Hall–Kier alpha value is -2.79. The molecule has 220 valence electrons. The zero-order valence-electron chi connectivity index (χ0n) is 22.9. The van der Waals surface area contributed by atoms with Gasteiger partial charge in [0.15, 0.2) is 0 Å². The lowest BCUT2D eigenvalue weighted by Crippen LogP contribution is -2.52. The molecule has 1 N–H and O–H groups in total. The SMILES string of the molecule is CCNC(=O)[C@H](CC)N(Cc1c(Cl)cccc1Cl)C(=O)CN(c1ccc(OCC)cc1)S(=O)(=O)c1ccc(Br)cc1. The van der Waals surface area contributed by atoms with Crippen molar-refractivity contribution >= 4 is 66.7 Å². The van der Waals surface area contributed by atoms with E-state index in [4.69, 9.17) is 27.9 Å². The Morgan fingerprint density at radius 2 is 1.56 bits per heavy atom. The number of sulfonamides is 1. The Bertz CT molecular complexity index is 1430. The predicted molar refractivity (Wildman–Crippen MR) is 166 cm³/mol. The van der Waals surface area contributed by atoms with E-state index in [1.165, 1.54) is 17.0 Å². The van der Waals surface area contributed by atoms with E-state index >= 15 is 0 Å². The van der Waals surface area contributed by atoms with Gasteiger partial charge in [0.2, 0.25) is 11.8 Å². The van der Waals surface area contributed by atoms with Gasteiger partial charge in [-0.15, -0.1) is 0 Å². The minimum Gasteiger partial charge on any atom is -0.494 e. The van der Waals surface area contributed by atoms with Crippen LogP contribution in [0.5, 0.6) is 5.75 Å². The van der Waals surface area contributed by atoms with Crippen LogP contribution in [-0.2, 0) is 26.2 Å². The molecule has 3 rings (SSSR count). The molecule has 3 aromatic carbocycles. The van der Waals surface area contributed by atoms with Crippen LogP contribution < -0.4 is 14.4 Å². The van der Waals surface area contributed by atoms with Crippen molar-refractivity contribution in [3.8, 4) is 5.75 Å². The number of amides is 2. The van der Waals surface area contributed by atoms with Crippen molar-refractivity contribution < 1.29 is 22.7 Å². The lowest BCUT2D eigenvalue weighted by molar-refractivity contribution is -0.140. The van der Waals surface area contributed by atoms with Crippen LogP contribution in [0, 0.1) is 0 Å². The van der Waals surface area contributed by atoms with Crippen molar-refractivity contribution in [2.45, 2.75) is 44.7 Å². The first kappa shape index (κ1) is 32.7. The Morgan fingerprint density at radius 1 is 0.951 bits per heavy atom. The van der Waals surface area contributed by atoms with E-state index in [1.54, 1.807) is 68.4 Å². The van der Waals surface area contributed by atoms with Gasteiger partial charge in [0, 0.05) is 33.2 Å². The second-order valence-corrected chi connectivity index (χ2v) is 12.5. The Labute approximate surface area is 259 Å². The van der Waals surface area contributed by atoms with Crippen molar-refractivity contribution in [2.24, 2.45) is 0 Å². The number of likely N-dealkylation sites (N-methyl/N-ethyl adjacent to an activating group) is 1. The van der Waals surface area contributed by atoms with Crippen LogP contribution >= 0.6 is 39.1 Å². The number of benzene rings is 3. The van der Waals surface area contributed by atoms with E-state index in [-0.39, 0.29) is 29.5 Å². The van der Waals surface area contributed by atoms with E-state index in [0.29, 0.717) is 39.0 Å². The molecule has 0 saturated carbocycles. The molecule has 0 aliphatic heterocycles. The molecule has 2 amide bonds. The van der Waals surface area contributed by atoms with E-state index in [1.807, 2.05) is 6.92 Å². The molecule has 0 unspecified atom stereocenters. The summed E-state index contributed by atoms with van der Waals surface area (Å²) in [6.45, 7) is 5.52. The maximum atomic E-state index is 14.1. The molecule has 3 aromatic rings. The Morgan fingerprint density at radius 3 is 2.10 bits per heavy atom. The molecule has 12 heteroatoms. The van der Waals surface area contributed by atoms with Gasteiger partial charge in [-0.05, 0) is 80.9 Å². The van der Waals surface area contributed by atoms with E-state index in [2.05, 4.69) is 21.2 Å². The summed E-state index contributed by atoms with van der Waals surface area (Å²) in [7, 11) is -4.21. The lowest BCUT2D eigenvalue weighted by atomic mass is 10.1. The molecule has 0 aromatic heterocycles. The summed E-state index contributed by atoms with van der Waals surface area (Å²) in [5.74, 6) is -0.413. The molecule has 0 saturated heterocycles. The fraction of sp³-hybridized carbons (Fsp3) is 0.310. The highest BCUT2D eigenvalue weighted by Gasteiger charge is 2.34. The largest absolute Gasteiger partial charge is 0.494 e. The first-order chi connectivity index (χ1) is 19.5. The van der Waals surface area contributed by atoms with Crippen molar-refractivity contribution in [2.75, 3.05) is 24.0 Å². The van der Waals surface area contributed by atoms with Gasteiger partial charge in [-0.2, -0.15) is 0 Å². The van der Waals surface area contributed by atoms with Crippen molar-refractivity contribution in [3.63, 3.8) is 0 Å². The molecule has 0 radical (unpaired) electrons. The molecule has 0 spiro atoms. The van der Waals surface area contributed by atoms with Crippen molar-refractivity contribution in [3.05, 3.63) is 86.8 Å². The summed E-state index contributed by atoms with van der Waals surface area (Å²) < 4.78 is 35.1. The summed E-state index contributed by atoms with van der Waals surface area (Å²) in [5, 5.41) is 3.41. The number of halogens is 3. The standard InChI is InChI=1S/C29H32BrCl2N3O5S/c1-4-27(29(37)33-5-2)34(18-24-25(31)8-7-9-26(24)32)28(36)19-35(21-12-14-22(15-13-21)40-6-3)41(38,39)23-16-10-20(30)11-17-23/h7-17,27H,4-6,18-19H2,1-3H3,(H,33,37)/t27-/m0/s1. The van der Waals surface area contributed by atoms with Crippen molar-refractivity contribution in [1.29, 1.82) is 0 Å². The number of nitrogens with one attached hydrogen (secondary N) is 1. The second-order valence-electron chi connectivity index (χ2n) is 8.93. The highest BCUT2D eigenvalue weighted by molar-refractivity contribution is 9.10. The van der Waals surface area contributed by atoms with E-state index < -0.39 is 28.5 Å². The fourth-order valence-electron chi connectivity index (χ4n) is 4.20. The molecule has 8 nitrogen and oxygen atoms in total. The first-order valence-electron chi connectivity index (χ1n) is 13.0. The fourth-order valence-corrected chi connectivity index (χ4v) is 6.40. The average Bonchev–Trinajstić information content (AvgIpc) is 2.94. The number of carbonyl (C=O) groups excluding carboxylic acids is 2. The van der Waals surface area contributed by atoms with Gasteiger partial charge in [0.25, 0.3) is 10.0 Å². The number of hydrogen-bond donors (Lipinski definition) is 1. The van der Waals surface area contributed by atoms with E-state index in [9.17, 15) is 18.0 Å². The summed E-state index contributed by atoms with van der Waals surface area (Å²) >= 11 is 16.2. The maximum Gasteiger partial charge on any atom is 0.264 e. The van der Waals surface area contributed by atoms with Gasteiger partial charge in [-0.1, -0.05) is 52.1 Å². The van der Waals surface area contributed by atoms with Crippen LogP contribution in [0.3, 0.4) is 0 Å². The highest BCUT2D eigenvalue weighted by Crippen LogP contribution is 2.30. The predicted octanol–water partition coefficient (Wildman–Crippen LogP) is 6.29. The molecule has 41 heavy (non-hydrogen) atoms. The van der Waals surface area contributed by atoms with Gasteiger partial charge in [-0.3, -0.25) is 13.9 Å². The molecule has 0 aliphatic rings. The Balaban J connectivity index is 2.10. The Kier molecular flexibility index (Phi) is 11.9. The normalized spacial score (nSPS) is 12.0. The van der Waals surface area contributed by atoms with Crippen LogP contribution in [-0.4, -0.2) is 50.9 Å². The van der Waals surface area contributed by atoms with Crippen molar-refractivity contribution in [1.82, 2.24) is 10.2 Å². The number of rotatable bonds is 13. The zero-order chi connectivity index (χ0) is 30.2. The van der Waals surface area contributed by atoms with Gasteiger partial charge < -0.3 is 15.0 Å². The third kappa shape index (κ3) is 8.16. The first-order valence-corrected chi connectivity index (χ1v) is 16.0. The summed E-state index contributed by atoms with van der Waals surface area (Å²) in [4.78, 5) is 28.5. The van der Waals surface area contributed by atoms with Gasteiger partial charge in [0.1, 0.15) is 18.3 Å². The summed E-state index contributed by atoms with van der Waals surface area (Å²) in [5.41, 5.74) is 0.710. The van der Waals surface area contributed by atoms with E-state index in [0.717, 1.165) is 4.31 Å². The second kappa shape index (κ2) is 14.9. The van der Waals surface area contributed by atoms with Crippen LogP contribution in [0.4, 0.5) is 5.69 Å². The number of anilines is 1. The molecular formula is C29H32BrCl2N3O5S. The van der Waals surface area contributed by atoms with Crippen LogP contribution in [0.15, 0.2) is 76.1 Å². The van der Waals surface area contributed by atoms with Gasteiger partial charge in [0.05, 0.1) is 17.2 Å². The molecule has 0 bridgehead atoms. The van der Waals surface area contributed by atoms with Gasteiger partial charge >= 0.3 is 0 Å². The number of carbonyl (C=O) groups is 2.